The van der Waals surface area contributed by atoms with Crippen molar-refractivity contribution in [3.63, 3.8) is 0 Å². The highest BCUT2D eigenvalue weighted by molar-refractivity contribution is 7.98. The van der Waals surface area contributed by atoms with Crippen LogP contribution in [0.1, 0.15) is 21.7 Å². The molecule has 2 rings (SSSR count). The third-order valence-corrected chi connectivity index (χ3v) is 4.14. The highest BCUT2D eigenvalue weighted by Crippen LogP contribution is 2.24. The monoisotopic (exact) mass is 304 g/mol. The summed E-state index contributed by atoms with van der Waals surface area (Å²) in [7, 11) is 1.75. The second kappa shape index (κ2) is 6.17. The highest BCUT2D eigenvalue weighted by atomic mass is 35.5. The second-order valence-corrected chi connectivity index (χ2v) is 5.57. The zero-order valence-corrected chi connectivity index (χ0v) is 12.8. The Morgan fingerprint density at radius 3 is 2.60 bits per heavy atom. The van der Waals surface area contributed by atoms with Gasteiger partial charge in [0, 0.05) is 23.2 Å². The summed E-state index contributed by atoms with van der Waals surface area (Å²) >= 11 is 7.76. The average Bonchev–Trinajstić information content (AvgIpc) is 2.73. The maximum Gasteiger partial charge on any atom is 0.210 e. The number of aromatic nitrogens is 1. The van der Waals surface area contributed by atoms with E-state index in [1.807, 2.05) is 18.4 Å². The van der Waals surface area contributed by atoms with Crippen LogP contribution >= 0.6 is 23.4 Å². The van der Waals surface area contributed by atoms with E-state index in [1.165, 1.54) is 0 Å². The molecule has 1 heterocycles. The maximum absolute atomic E-state index is 12.5. The fraction of sp³-hybridized carbons (Fsp3) is 0.200. The van der Waals surface area contributed by atoms with Crippen LogP contribution in [0.2, 0.25) is 5.02 Å². The predicted octanol–water partition coefficient (Wildman–Crippen LogP) is 3.70. The first kappa shape index (κ1) is 14.7. The molecule has 102 valence electrons. The molecule has 0 unspecified atom stereocenters. The van der Waals surface area contributed by atoms with Crippen molar-refractivity contribution in [3.05, 3.63) is 52.3 Å². The van der Waals surface area contributed by atoms with Crippen LogP contribution in [-0.2, 0) is 13.5 Å². The summed E-state index contributed by atoms with van der Waals surface area (Å²) in [5.74, 6) is -0.130. The van der Waals surface area contributed by atoms with Crippen molar-refractivity contribution < 1.29 is 4.79 Å². The molecule has 0 spiro atoms. The Labute approximate surface area is 127 Å². The number of benzene rings is 1. The first-order valence-electron chi connectivity index (χ1n) is 5.98. The summed E-state index contributed by atoms with van der Waals surface area (Å²) in [6.45, 7) is 0. The van der Waals surface area contributed by atoms with Gasteiger partial charge in [0.05, 0.1) is 17.5 Å². The van der Waals surface area contributed by atoms with E-state index in [-0.39, 0.29) is 12.2 Å². The van der Waals surface area contributed by atoms with E-state index in [4.69, 9.17) is 16.9 Å². The third kappa shape index (κ3) is 2.74. The van der Waals surface area contributed by atoms with Gasteiger partial charge in [-0.25, -0.2) is 0 Å². The molecule has 0 saturated carbocycles. The normalized spacial score (nSPS) is 10.3. The van der Waals surface area contributed by atoms with Crippen molar-refractivity contribution in [3.8, 4) is 6.07 Å². The maximum atomic E-state index is 12.5. The zero-order valence-electron chi connectivity index (χ0n) is 11.2. The van der Waals surface area contributed by atoms with Crippen LogP contribution in [-0.4, -0.2) is 16.6 Å². The molecule has 0 saturated heterocycles. The van der Waals surface area contributed by atoms with Gasteiger partial charge in [0.1, 0.15) is 5.69 Å². The molecule has 2 aromatic rings. The van der Waals surface area contributed by atoms with Gasteiger partial charge in [0.25, 0.3) is 0 Å². The van der Waals surface area contributed by atoms with E-state index in [1.54, 1.807) is 41.6 Å². The summed E-state index contributed by atoms with van der Waals surface area (Å²) in [4.78, 5) is 13.6. The number of halogens is 1. The SMILES string of the molecule is CSc1ccc(C(=O)c2c(Cl)cc(CC#N)n2C)cc1. The molecular weight excluding hydrogens is 292 g/mol. The number of carbonyl (C=O) groups is 1. The fourth-order valence-corrected chi connectivity index (χ4v) is 2.75. The first-order valence-corrected chi connectivity index (χ1v) is 7.58. The van der Waals surface area contributed by atoms with E-state index in [0.29, 0.717) is 16.3 Å². The van der Waals surface area contributed by atoms with Gasteiger partial charge < -0.3 is 4.57 Å². The van der Waals surface area contributed by atoms with E-state index in [9.17, 15) is 4.79 Å². The molecule has 0 aliphatic rings. The number of hydrogen-bond donors (Lipinski definition) is 0. The Kier molecular flexibility index (Phi) is 4.53. The van der Waals surface area contributed by atoms with Crippen molar-refractivity contribution in [2.75, 3.05) is 6.26 Å². The van der Waals surface area contributed by atoms with Crippen molar-refractivity contribution in [2.45, 2.75) is 11.3 Å². The molecular formula is C15H13ClN2OS. The van der Waals surface area contributed by atoms with Crippen LogP contribution in [0.4, 0.5) is 0 Å². The van der Waals surface area contributed by atoms with Crippen molar-refractivity contribution >= 4 is 29.1 Å². The van der Waals surface area contributed by atoms with Crippen LogP contribution in [0.3, 0.4) is 0 Å². The van der Waals surface area contributed by atoms with Gasteiger partial charge in [0.15, 0.2) is 0 Å². The van der Waals surface area contributed by atoms with Crippen molar-refractivity contribution in [1.82, 2.24) is 4.57 Å². The molecule has 1 aromatic carbocycles. The topological polar surface area (TPSA) is 45.8 Å². The second-order valence-electron chi connectivity index (χ2n) is 4.28. The van der Waals surface area contributed by atoms with E-state index in [2.05, 4.69) is 6.07 Å². The lowest BCUT2D eigenvalue weighted by Gasteiger charge is -2.06. The number of thioether (sulfide) groups is 1. The lowest BCUT2D eigenvalue weighted by Crippen LogP contribution is -2.09. The van der Waals surface area contributed by atoms with E-state index in [0.717, 1.165) is 10.6 Å². The Hall–Kier alpha value is -1.70. The minimum absolute atomic E-state index is 0.130. The van der Waals surface area contributed by atoms with Gasteiger partial charge in [-0.2, -0.15) is 5.26 Å². The smallest absolute Gasteiger partial charge is 0.210 e. The number of rotatable bonds is 4. The molecule has 1 aromatic heterocycles. The summed E-state index contributed by atoms with van der Waals surface area (Å²) in [5.41, 5.74) is 1.75. The molecule has 0 aliphatic heterocycles. The Bertz CT molecular complexity index is 683. The van der Waals surface area contributed by atoms with Gasteiger partial charge in [-0.05, 0) is 36.6 Å². The quantitative estimate of drug-likeness (QED) is 0.639. The standard InChI is InChI=1S/C15H13ClN2OS/c1-18-11(7-8-17)9-13(16)14(18)15(19)10-3-5-12(20-2)6-4-10/h3-6,9H,7H2,1-2H3. The number of ketones is 1. The molecule has 0 fully saturated rings. The predicted molar refractivity (Wildman–Crippen MR) is 81.4 cm³/mol. The molecule has 5 heteroatoms. The number of carbonyl (C=O) groups excluding carboxylic acids is 1. The van der Waals surface area contributed by atoms with Crippen molar-refractivity contribution in [2.24, 2.45) is 7.05 Å². The Morgan fingerprint density at radius 2 is 2.05 bits per heavy atom. The van der Waals surface area contributed by atoms with Gasteiger partial charge in [-0.3, -0.25) is 4.79 Å². The number of hydrogen-bond acceptors (Lipinski definition) is 3. The molecule has 20 heavy (non-hydrogen) atoms. The van der Waals surface area contributed by atoms with Gasteiger partial charge >= 0.3 is 0 Å². The minimum atomic E-state index is -0.130. The zero-order chi connectivity index (χ0) is 14.7. The lowest BCUT2D eigenvalue weighted by molar-refractivity contribution is 0.103. The first-order chi connectivity index (χ1) is 9.58. The largest absolute Gasteiger partial charge is 0.343 e. The highest BCUT2D eigenvalue weighted by Gasteiger charge is 2.19. The molecule has 0 radical (unpaired) electrons. The third-order valence-electron chi connectivity index (χ3n) is 3.11. The summed E-state index contributed by atoms with van der Waals surface area (Å²) in [6, 6.07) is 11.1. The van der Waals surface area contributed by atoms with Crippen LogP contribution in [0.5, 0.6) is 0 Å². The van der Waals surface area contributed by atoms with Crippen LogP contribution in [0.15, 0.2) is 35.2 Å². The van der Waals surface area contributed by atoms with Crippen molar-refractivity contribution in [1.29, 1.82) is 5.26 Å². The van der Waals surface area contributed by atoms with Crippen LogP contribution < -0.4 is 0 Å². The molecule has 0 aliphatic carbocycles. The van der Waals surface area contributed by atoms with Gasteiger partial charge in [-0.15, -0.1) is 11.8 Å². The molecule has 0 atom stereocenters. The van der Waals surface area contributed by atoms with E-state index >= 15 is 0 Å². The van der Waals surface area contributed by atoms with Gasteiger partial charge in [-0.1, -0.05) is 11.6 Å². The Morgan fingerprint density at radius 1 is 1.40 bits per heavy atom. The summed E-state index contributed by atoms with van der Waals surface area (Å²) in [6.07, 6.45) is 2.22. The minimum Gasteiger partial charge on any atom is -0.343 e. The molecule has 3 nitrogen and oxygen atoms in total. The van der Waals surface area contributed by atoms with Crippen LogP contribution in [0.25, 0.3) is 0 Å². The number of nitriles is 1. The van der Waals surface area contributed by atoms with Crippen LogP contribution in [0, 0.1) is 11.3 Å². The van der Waals surface area contributed by atoms with E-state index < -0.39 is 0 Å². The fourth-order valence-electron chi connectivity index (χ4n) is 2.01. The molecule has 0 amide bonds. The summed E-state index contributed by atoms with van der Waals surface area (Å²) in [5, 5.41) is 9.15. The molecule has 0 bridgehead atoms. The average molecular weight is 305 g/mol. The summed E-state index contributed by atoms with van der Waals surface area (Å²) < 4.78 is 1.69. The lowest BCUT2D eigenvalue weighted by atomic mass is 10.1. The Balaban J connectivity index is 2.40. The van der Waals surface area contributed by atoms with Gasteiger partial charge in [0.2, 0.25) is 5.78 Å². The molecule has 0 N–H and O–H groups in total. The number of nitrogens with zero attached hydrogens (tertiary/aromatic N) is 2.